The fourth-order valence-electron chi connectivity index (χ4n) is 1.77. The van der Waals surface area contributed by atoms with Gasteiger partial charge in [-0.15, -0.1) is 0 Å². The number of aryl methyl sites for hydroxylation is 2. The van der Waals surface area contributed by atoms with Gasteiger partial charge in [-0.3, -0.25) is 4.72 Å². The molecule has 0 saturated carbocycles. The molecule has 2 rings (SSSR count). The number of nitrogen functional groups attached to an aromatic ring is 1. The minimum Gasteiger partial charge on any atom is -0.394 e. The molecule has 1 aromatic carbocycles. The molecule has 0 aliphatic carbocycles. The molecule has 0 radical (unpaired) electrons. The lowest BCUT2D eigenvalue weighted by atomic mass is 10.2. The van der Waals surface area contributed by atoms with Crippen LogP contribution in [-0.4, -0.2) is 18.2 Å². The van der Waals surface area contributed by atoms with Gasteiger partial charge >= 0.3 is 0 Å². The molecule has 0 spiro atoms. The summed E-state index contributed by atoms with van der Waals surface area (Å²) < 4.78 is 28.0. The normalized spacial score (nSPS) is 11.5. The molecule has 1 aromatic heterocycles. The molecule has 0 fully saturated rings. The first-order valence-corrected chi connectivity index (χ1v) is 7.38. The van der Waals surface area contributed by atoms with Crippen LogP contribution in [0.3, 0.4) is 0 Å². The number of benzene rings is 1. The Kier molecular flexibility index (Phi) is 3.48. The zero-order chi connectivity index (χ0) is 14.0. The Balaban J connectivity index is 2.22. The molecule has 2 aromatic rings. The molecule has 0 unspecified atom stereocenters. The summed E-state index contributed by atoms with van der Waals surface area (Å²) in [5.74, 6) is 0.200. The second-order valence-corrected chi connectivity index (χ2v) is 6.04. The molecule has 6 nitrogen and oxygen atoms in total. The maximum Gasteiger partial charge on any atom is 0.238 e. The summed E-state index contributed by atoms with van der Waals surface area (Å²) in [6, 6.07) is 8.96. The number of aromatic nitrogens is 2. The first kappa shape index (κ1) is 13.4. The Morgan fingerprint density at radius 3 is 2.47 bits per heavy atom. The molecule has 102 valence electrons. The maximum atomic E-state index is 12.1. The van der Waals surface area contributed by atoms with Crippen LogP contribution in [0.15, 0.2) is 30.3 Å². The van der Waals surface area contributed by atoms with E-state index in [4.69, 9.17) is 5.73 Å². The molecular weight excluding hydrogens is 264 g/mol. The first-order valence-electron chi connectivity index (χ1n) is 5.72. The molecule has 0 aliphatic rings. The predicted molar refractivity (Wildman–Crippen MR) is 75.0 cm³/mol. The molecule has 0 saturated heterocycles. The Bertz CT molecular complexity index is 677. The fraction of sp³-hybridized carbons (Fsp3) is 0.250. The van der Waals surface area contributed by atoms with E-state index in [2.05, 4.69) is 9.82 Å². The van der Waals surface area contributed by atoms with Crippen LogP contribution in [-0.2, 0) is 22.8 Å². The van der Waals surface area contributed by atoms with E-state index >= 15 is 0 Å². The van der Waals surface area contributed by atoms with Crippen molar-refractivity contribution in [2.75, 3.05) is 10.5 Å². The smallest absolute Gasteiger partial charge is 0.238 e. The summed E-state index contributed by atoms with van der Waals surface area (Å²) in [6.45, 7) is 1.73. The van der Waals surface area contributed by atoms with E-state index in [0.29, 0.717) is 22.8 Å². The Morgan fingerprint density at radius 2 is 1.95 bits per heavy atom. The SMILES string of the molecule is Cc1nn(C)c(NS(=O)(=O)Cc2ccccc2)c1N. The number of anilines is 2. The summed E-state index contributed by atoms with van der Waals surface area (Å²) in [4.78, 5) is 0. The van der Waals surface area contributed by atoms with Crippen molar-refractivity contribution in [2.45, 2.75) is 12.7 Å². The lowest BCUT2D eigenvalue weighted by Crippen LogP contribution is -2.18. The van der Waals surface area contributed by atoms with Crippen molar-refractivity contribution in [3.63, 3.8) is 0 Å². The van der Waals surface area contributed by atoms with Gasteiger partial charge in [0.15, 0.2) is 5.82 Å². The lowest BCUT2D eigenvalue weighted by molar-refractivity contribution is 0.599. The van der Waals surface area contributed by atoms with Gasteiger partial charge in [0.25, 0.3) is 0 Å². The predicted octanol–water partition coefficient (Wildman–Crippen LogP) is 1.25. The van der Waals surface area contributed by atoms with Crippen LogP contribution in [0.2, 0.25) is 0 Å². The van der Waals surface area contributed by atoms with Crippen molar-refractivity contribution in [1.29, 1.82) is 0 Å². The number of hydrogen-bond donors (Lipinski definition) is 2. The fourth-order valence-corrected chi connectivity index (χ4v) is 3.01. The largest absolute Gasteiger partial charge is 0.394 e. The summed E-state index contributed by atoms with van der Waals surface area (Å²) in [5, 5.41) is 4.07. The van der Waals surface area contributed by atoms with Crippen LogP contribution < -0.4 is 10.5 Å². The van der Waals surface area contributed by atoms with Gasteiger partial charge in [0, 0.05) is 7.05 Å². The van der Waals surface area contributed by atoms with Crippen LogP contribution in [0, 0.1) is 6.92 Å². The maximum absolute atomic E-state index is 12.1. The standard InChI is InChI=1S/C12H16N4O2S/c1-9-11(13)12(16(2)14-9)15-19(17,18)8-10-6-4-3-5-7-10/h3-7,15H,8,13H2,1-2H3. The van der Waals surface area contributed by atoms with Gasteiger partial charge in [0.05, 0.1) is 17.1 Å². The number of hydrogen-bond acceptors (Lipinski definition) is 4. The quantitative estimate of drug-likeness (QED) is 0.882. The van der Waals surface area contributed by atoms with Crippen molar-refractivity contribution in [2.24, 2.45) is 7.05 Å². The third-order valence-corrected chi connectivity index (χ3v) is 3.94. The molecule has 7 heteroatoms. The molecule has 0 atom stereocenters. The zero-order valence-electron chi connectivity index (χ0n) is 10.8. The number of nitrogens with zero attached hydrogens (tertiary/aromatic N) is 2. The molecule has 0 bridgehead atoms. The van der Waals surface area contributed by atoms with Crippen LogP contribution >= 0.6 is 0 Å². The second-order valence-electron chi connectivity index (χ2n) is 4.32. The lowest BCUT2D eigenvalue weighted by Gasteiger charge is -2.09. The van der Waals surface area contributed by atoms with Crippen molar-refractivity contribution in [3.8, 4) is 0 Å². The van der Waals surface area contributed by atoms with Gasteiger partial charge in [-0.2, -0.15) is 5.10 Å². The molecule has 1 heterocycles. The van der Waals surface area contributed by atoms with E-state index in [0.717, 1.165) is 0 Å². The number of nitrogens with two attached hydrogens (primary N) is 1. The van der Waals surface area contributed by atoms with Gasteiger partial charge in [-0.05, 0) is 12.5 Å². The summed E-state index contributed by atoms with van der Waals surface area (Å²) in [5.41, 5.74) is 7.45. The molecular formula is C12H16N4O2S. The van der Waals surface area contributed by atoms with E-state index in [1.165, 1.54) is 4.68 Å². The van der Waals surface area contributed by atoms with Gasteiger partial charge in [-0.1, -0.05) is 30.3 Å². The monoisotopic (exact) mass is 280 g/mol. The number of nitrogens with one attached hydrogen (secondary N) is 1. The third kappa shape index (κ3) is 3.05. The van der Waals surface area contributed by atoms with Gasteiger partial charge in [-0.25, -0.2) is 13.1 Å². The van der Waals surface area contributed by atoms with E-state index < -0.39 is 10.0 Å². The highest BCUT2D eigenvalue weighted by Gasteiger charge is 2.17. The van der Waals surface area contributed by atoms with Crippen molar-refractivity contribution < 1.29 is 8.42 Å². The van der Waals surface area contributed by atoms with Crippen LogP contribution in [0.5, 0.6) is 0 Å². The van der Waals surface area contributed by atoms with E-state index in [9.17, 15) is 8.42 Å². The van der Waals surface area contributed by atoms with Crippen molar-refractivity contribution >= 4 is 21.5 Å². The highest BCUT2D eigenvalue weighted by molar-refractivity contribution is 7.91. The van der Waals surface area contributed by atoms with Crippen molar-refractivity contribution in [1.82, 2.24) is 9.78 Å². The highest BCUT2D eigenvalue weighted by Crippen LogP contribution is 2.22. The first-order chi connectivity index (χ1) is 8.89. The van der Waals surface area contributed by atoms with Gasteiger partial charge in [0.2, 0.25) is 10.0 Å². The number of rotatable bonds is 4. The zero-order valence-corrected chi connectivity index (χ0v) is 11.6. The van der Waals surface area contributed by atoms with Crippen molar-refractivity contribution in [3.05, 3.63) is 41.6 Å². The van der Waals surface area contributed by atoms with Gasteiger partial charge < -0.3 is 5.73 Å². The average molecular weight is 280 g/mol. The Hall–Kier alpha value is -2.02. The summed E-state index contributed by atoms with van der Waals surface area (Å²) >= 11 is 0. The van der Waals surface area contributed by atoms with E-state index in [-0.39, 0.29) is 5.75 Å². The van der Waals surface area contributed by atoms with Gasteiger partial charge in [0.1, 0.15) is 0 Å². The topological polar surface area (TPSA) is 90.0 Å². The Labute approximate surface area is 112 Å². The third-order valence-electron chi connectivity index (χ3n) is 2.72. The number of sulfonamides is 1. The highest BCUT2D eigenvalue weighted by atomic mass is 32.2. The summed E-state index contributed by atoms with van der Waals surface area (Å²) in [7, 11) is -1.87. The van der Waals surface area contributed by atoms with E-state index in [1.807, 2.05) is 6.07 Å². The van der Waals surface area contributed by atoms with E-state index in [1.54, 1.807) is 38.2 Å². The minimum atomic E-state index is -3.51. The molecule has 19 heavy (non-hydrogen) atoms. The minimum absolute atomic E-state index is 0.0997. The second kappa shape index (κ2) is 4.93. The molecule has 0 amide bonds. The van der Waals surface area contributed by atoms with Crippen LogP contribution in [0.25, 0.3) is 0 Å². The van der Waals surface area contributed by atoms with Crippen LogP contribution in [0.4, 0.5) is 11.5 Å². The molecule has 0 aliphatic heterocycles. The molecule has 3 N–H and O–H groups in total. The Morgan fingerprint density at radius 1 is 1.32 bits per heavy atom. The summed E-state index contributed by atoms with van der Waals surface area (Å²) in [6.07, 6.45) is 0. The van der Waals surface area contributed by atoms with Crippen LogP contribution in [0.1, 0.15) is 11.3 Å². The average Bonchev–Trinajstić information content (AvgIpc) is 2.56.